The smallest absolute Gasteiger partial charge is 0.291 e. The summed E-state index contributed by atoms with van der Waals surface area (Å²) in [4.78, 5) is 28.5. The van der Waals surface area contributed by atoms with Crippen molar-refractivity contribution in [1.29, 1.82) is 0 Å². The van der Waals surface area contributed by atoms with Gasteiger partial charge in [-0.3, -0.25) is 9.59 Å². The number of phenolic OH excluding ortho intramolecular Hbond substituents is 1. The van der Waals surface area contributed by atoms with E-state index in [1.807, 2.05) is 19.9 Å². The molecule has 6 nitrogen and oxygen atoms in total. The molecule has 4 aromatic rings. The first kappa shape index (κ1) is 18.2. The second-order valence-electron chi connectivity index (χ2n) is 7.64. The standard InChI is InChI=1S/C24H19NO5/c1-13-9-14(2)22-18(10-13)21(27)19-20(15-5-3-6-16(26)11-15)25(24(28)23(19)30-22)12-17-7-4-8-29-17/h3-11,20,26H,12H2,1-2H3/t20-/m1/s1. The van der Waals surface area contributed by atoms with Crippen LogP contribution in [-0.4, -0.2) is 15.9 Å². The molecule has 0 radical (unpaired) electrons. The van der Waals surface area contributed by atoms with Gasteiger partial charge >= 0.3 is 0 Å². The van der Waals surface area contributed by atoms with Gasteiger partial charge in [-0.2, -0.15) is 0 Å². The summed E-state index contributed by atoms with van der Waals surface area (Å²) in [6.07, 6.45) is 1.54. The Morgan fingerprint density at radius 3 is 2.63 bits per heavy atom. The van der Waals surface area contributed by atoms with Crippen molar-refractivity contribution in [2.45, 2.75) is 26.4 Å². The third-order valence-corrected chi connectivity index (χ3v) is 5.49. The normalized spacial score (nSPS) is 15.7. The van der Waals surface area contributed by atoms with Crippen LogP contribution in [0.15, 0.2) is 68.4 Å². The Kier molecular flexibility index (Phi) is 4.03. The number of rotatable bonds is 3. The van der Waals surface area contributed by atoms with Gasteiger partial charge in [-0.05, 0) is 60.9 Å². The van der Waals surface area contributed by atoms with Crippen LogP contribution in [0.3, 0.4) is 0 Å². The molecule has 0 saturated carbocycles. The van der Waals surface area contributed by atoms with E-state index in [1.54, 1.807) is 47.4 Å². The Morgan fingerprint density at radius 2 is 1.90 bits per heavy atom. The van der Waals surface area contributed by atoms with Crippen LogP contribution < -0.4 is 5.43 Å². The maximum atomic E-state index is 13.6. The minimum Gasteiger partial charge on any atom is -0.508 e. The van der Waals surface area contributed by atoms with Crippen molar-refractivity contribution in [3.05, 3.63) is 98.8 Å². The molecule has 150 valence electrons. The van der Waals surface area contributed by atoms with E-state index in [4.69, 9.17) is 8.83 Å². The van der Waals surface area contributed by atoms with Gasteiger partial charge in [0.1, 0.15) is 17.1 Å². The minimum absolute atomic E-state index is 0.0411. The van der Waals surface area contributed by atoms with Gasteiger partial charge in [-0.25, -0.2) is 0 Å². The highest BCUT2D eigenvalue weighted by atomic mass is 16.4. The molecule has 0 aliphatic carbocycles. The highest BCUT2D eigenvalue weighted by Crippen LogP contribution is 2.40. The lowest BCUT2D eigenvalue weighted by molar-refractivity contribution is 0.0701. The van der Waals surface area contributed by atoms with Crippen LogP contribution in [0.25, 0.3) is 11.0 Å². The second kappa shape index (κ2) is 6.62. The minimum atomic E-state index is -0.689. The molecule has 1 aliphatic heterocycles. The number of amides is 1. The van der Waals surface area contributed by atoms with Crippen LogP contribution in [0, 0.1) is 13.8 Å². The van der Waals surface area contributed by atoms with E-state index in [0.29, 0.717) is 22.3 Å². The van der Waals surface area contributed by atoms with Crippen molar-refractivity contribution >= 4 is 16.9 Å². The van der Waals surface area contributed by atoms with Gasteiger partial charge in [0.25, 0.3) is 5.91 Å². The Balaban J connectivity index is 1.79. The summed E-state index contributed by atoms with van der Waals surface area (Å²) >= 11 is 0. The Hall–Kier alpha value is -3.80. The number of aromatic hydroxyl groups is 1. The summed E-state index contributed by atoms with van der Waals surface area (Å²) in [5.41, 5.74) is 2.85. The molecule has 0 fully saturated rings. The summed E-state index contributed by atoms with van der Waals surface area (Å²) < 4.78 is 11.5. The zero-order valence-electron chi connectivity index (χ0n) is 16.5. The monoisotopic (exact) mass is 401 g/mol. The molecule has 5 rings (SSSR count). The van der Waals surface area contributed by atoms with E-state index >= 15 is 0 Å². The van der Waals surface area contributed by atoms with Crippen molar-refractivity contribution in [1.82, 2.24) is 4.90 Å². The summed E-state index contributed by atoms with van der Waals surface area (Å²) in [6, 6.07) is 13.1. The molecule has 0 spiro atoms. The van der Waals surface area contributed by atoms with Crippen molar-refractivity contribution < 1.29 is 18.7 Å². The first-order chi connectivity index (χ1) is 14.4. The number of benzene rings is 2. The van der Waals surface area contributed by atoms with Gasteiger partial charge in [0.2, 0.25) is 5.76 Å². The molecule has 2 aromatic carbocycles. The van der Waals surface area contributed by atoms with Gasteiger partial charge < -0.3 is 18.8 Å². The van der Waals surface area contributed by atoms with E-state index in [2.05, 4.69) is 0 Å². The maximum Gasteiger partial charge on any atom is 0.291 e. The Morgan fingerprint density at radius 1 is 1.07 bits per heavy atom. The first-order valence-electron chi connectivity index (χ1n) is 9.64. The predicted octanol–water partition coefficient (Wildman–Crippen LogP) is 4.45. The van der Waals surface area contributed by atoms with E-state index < -0.39 is 6.04 Å². The van der Waals surface area contributed by atoms with Crippen molar-refractivity contribution in [2.75, 3.05) is 0 Å². The molecule has 0 saturated heterocycles. The van der Waals surface area contributed by atoms with Gasteiger partial charge in [-0.15, -0.1) is 0 Å². The average molecular weight is 401 g/mol. The summed E-state index contributed by atoms with van der Waals surface area (Å²) in [5, 5.41) is 10.5. The van der Waals surface area contributed by atoms with E-state index in [-0.39, 0.29) is 35.0 Å². The highest BCUT2D eigenvalue weighted by Gasteiger charge is 2.43. The molecule has 0 unspecified atom stereocenters. The third kappa shape index (κ3) is 2.72. The zero-order valence-corrected chi connectivity index (χ0v) is 16.5. The Bertz CT molecular complexity index is 1350. The predicted molar refractivity (Wildman–Crippen MR) is 110 cm³/mol. The fourth-order valence-corrected chi connectivity index (χ4v) is 4.25. The number of fused-ring (bicyclic) bond motifs is 2. The Labute approximate surface area is 172 Å². The lowest BCUT2D eigenvalue weighted by Gasteiger charge is -2.24. The fourth-order valence-electron chi connectivity index (χ4n) is 4.25. The molecule has 2 aromatic heterocycles. The number of nitrogens with zero attached hydrogens (tertiary/aromatic N) is 1. The van der Waals surface area contributed by atoms with Crippen molar-refractivity contribution in [2.24, 2.45) is 0 Å². The number of hydrogen-bond acceptors (Lipinski definition) is 5. The number of hydrogen-bond donors (Lipinski definition) is 1. The van der Waals surface area contributed by atoms with Gasteiger partial charge in [0.15, 0.2) is 5.43 Å². The first-order valence-corrected chi connectivity index (χ1v) is 9.64. The molecule has 6 heteroatoms. The molecular weight excluding hydrogens is 382 g/mol. The molecule has 1 aliphatic rings. The van der Waals surface area contributed by atoms with Gasteiger partial charge in [-0.1, -0.05) is 18.2 Å². The van der Waals surface area contributed by atoms with Crippen molar-refractivity contribution in [3.63, 3.8) is 0 Å². The lowest BCUT2D eigenvalue weighted by atomic mass is 9.97. The maximum absolute atomic E-state index is 13.6. The summed E-state index contributed by atoms with van der Waals surface area (Å²) in [5.74, 6) is 0.307. The lowest BCUT2D eigenvalue weighted by Crippen LogP contribution is -2.29. The van der Waals surface area contributed by atoms with Gasteiger partial charge in [0.05, 0.1) is 29.8 Å². The van der Waals surface area contributed by atoms with E-state index in [0.717, 1.165) is 11.1 Å². The topological polar surface area (TPSA) is 83.9 Å². The van der Waals surface area contributed by atoms with E-state index in [1.165, 1.54) is 6.26 Å². The summed E-state index contributed by atoms with van der Waals surface area (Å²) in [6.45, 7) is 3.95. The number of furan rings is 1. The van der Waals surface area contributed by atoms with Gasteiger partial charge in [0, 0.05) is 0 Å². The van der Waals surface area contributed by atoms with Crippen LogP contribution >= 0.6 is 0 Å². The average Bonchev–Trinajstić information content (AvgIpc) is 3.31. The summed E-state index contributed by atoms with van der Waals surface area (Å²) in [7, 11) is 0. The number of aryl methyl sites for hydroxylation is 2. The SMILES string of the molecule is Cc1cc(C)c2oc3c(c(=O)c2c1)[C@@H](c1cccc(O)c1)N(Cc1ccco1)C3=O. The third-order valence-electron chi connectivity index (χ3n) is 5.49. The van der Waals surface area contributed by atoms with Crippen LogP contribution in [0.1, 0.15) is 44.6 Å². The van der Waals surface area contributed by atoms with Crippen LogP contribution in [-0.2, 0) is 6.54 Å². The zero-order chi connectivity index (χ0) is 21.0. The fraction of sp³-hybridized carbons (Fsp3) is 0.167. The van der Waals surface area contributed by atoms with E-state index in [9.17, 15) is 14.7 Å². The molecule has 1 amide bonds. The molecular formula is C24H19NO5. The molecule has 0 bridgehead atoms. The molecule has 30 heavy (non-hydrogen) atoms. The number of carbonyl (C=O) groups is 1. The quantitative estimate of drug-likeness (QED) is 0.548. The molecule has 3 heterocycles. The second-order valence-corrected chi connectivity index (χ2v) is 7.64. The highest BCUT2D eigenvalue weighted by molar-refractivity contribution is 5.99. The number of phenols is 1. The molecule has 1 N–H and O–H groups in total. The molecule has 1 atom stereocenters. The van der Waals surface area contributed by atoms with Crippen LogP contribution in [0.4, 0.5) is 0 Å². The largest absolute Gasteiger partial charge is 0.508 e. The van der Waals surface area contributed by atoms with Crippen molar-refractivity contribution in [3.8, 4) is 5.75 Å². The van der Waals surface area contributed by atoms with Crippen LogP contribution in [0.5, 0.6) is 5.75 Å². The number of carbonyl (C=O) groups excluding carboxylic acids is 1. The van der Waals surface area contributed by atoms with Crippen LogP contribution in [0.2, 0.25) is 0 Å².